The highest BCUT2D eigenvalue weighted by atomic mass is 16.5. The average molecular weight is 278 g/mol. The van der Waals surface area contributed by atoms with Crippen molar-refractivity contribution in [1.29, 1.82) is 0 Å². The molecule has 2 unspecified atom stereocenters. The van der Waals surface area contributed by atoms with Crippen LogP contribution in [0.5, 0.6) is 5.88 Å². The van der Waals surface area contributed by atoms with Crippen molar-refractivity contribution in [2.75, 3.05) is 7.11 Å². The maximum atomic E-state index is 11.0. The molecular formula is C16H26N2O2. The van der Waals surface area contributed by atoms with E-state index in [0.717, 1.165) is 32.1 Å². The quantitative estimate of drug-likeness (QED) is 0.843. The van der Waals surface area contributed by atoms with E-state index in [1.54, 1.807) is 19.5 Å². The van der Waals surface area contributed by atoms with Gasteiger partial charge in [0, 0.05) is 12.4 Å². The minimum Gasteiger partial charge on any atom is -0.480 e. The van der Waals surface area contributed by atoms with E-state index in [4.69, 9.17) is 4.74 Å². The van der Waals surface area contributed by atoms with Crippen LogP contribution in [-0.4, -0.2) is 22.2 Å². The van der Waals surface area contributed by atoms with Crippen molar-refractivity contribution in [1.82, 2.24) is 9.97 Å². The van der Waals surface area contributed by atoms with Gasteiger partial charge >= 0.3 is 0 Å². The van der Waals surface area contributed by atoms with Crippen LogP contribution in [0.25, 0.3) is 0 Å². The van der Waals surface area contributed by atoms with Gasteiger partial charge in [-0.1, -0.05) is 20.8 Å². The SMILES string of the molecule is COc1nccnc1C1(O)CCCC(C(C)(C)C)CC1. The molecule has 0 aliphatic heterocycles. The smallest absolute Gasteiger partial charge is 0.238 e. The van der Waals surface area contributed by atoms with E-state index in [1.807, 2.05) is 0 Å². The predicted octanol–water partition coefficient (Wildman–Crippen LogP) is 3.30. The first-order valence-electron chi connectivity index (χ1n) is 7.45. The van der Waals surface area contributed by atoms with Gasteiger partial charge in [0.15, 0.2) is 0 Å². The van der Waals surface area contributed by atoms with Crippen LogP contribution >= 0.6 is 0 Å². The molecule has 0 radical (unpaired) electrons. The maximum absolute atomic E-state index is 11.0. The Bertz CT molecular complexity index is 456. The average Bonchev–Trinajstić information content (AvgIpc) is 2.61. The topological polar surface area (TPSA) is 55.2 Å². The number of ether oxygens (including phenoxy) is 1. The highest BCUT2D eigenvalue weighted by Gasteiger charge is 2.39. The number of rotatable bonds is 2. The largest absolute Gasteiger partial charge is 0.480 e. The van der Waals surface area contributed by atoms with E-state index in [1.165, 1.54) is 0 Å². The third-order valence-electron chi connectivity index (χ3n) is 4.57. The summed E-state index contributed by atoms with van der Waals surface area (Å²) in [4.78, 5) is 8.51. The van der Waals surface area contributed by atoms with Crippen molar-refractivity contribution in [2.24, 2.45) is 11.3 Å². The molecule has 112 valence electrons. The number of hydrogen-bond donors (Lipinski definition) is 1. The summed E-state index contributed by atoms with van der Waals surface area (Å²) in [5.41, 5.74) is -0.0193. The highest BCUT2D eigenvalue weighted by Crippen LogP contribution is 2.44. The van der Waals surface area contributed by atoms with Crippen molar-refractivity contribution in [2.45, 2.75) is 58.5 Å². The van der Waals surface area contributed by atoms with Crippen LogP contribution in [0.15, 0.2) is 12.4 Å². The molecule has 1 aliphatic carbocycles. The lowest BCUT2D eigenvalue weighted by Gasteiger charge is -2.31. The van der Waals surface area contributed by atoms with Crippen LogP contribution in [-0.2, 0) is 5.60 Å². The first kappa shape index (κ1) is 15.2. The molecule has 1 heterocycles. The number of aromatic nitrogens is 2. The molecule has 1 N–H and O–H groups in total. The number of nitrogens with zero attached hydrogens (tertiary/aromatic N) is 2. The molecule has 0 bridgehead atoms. The number of aliphatic hydroxyl groups is 1. The molecule has 4 nitrogen and oxygen atoms in total. The van der Waals surface area contributed by atoms with Crippen LogP contribution in [0.3, 0.4) is 0 Å². The van der Waals surface area contributed by atoms with Gasteiger partial charge in [-0.2, -0.15) is 0 Å². The van der Waals surface area contributed by atoms with Crippen molar-refractivity contribution in [3.05, 3.63) is 18.1 Å². The second-order valence-corrected chi connectivity index (χ2v) is 6.94. The molecule has 0 amide bonds. The van der Waals surface area contributed by atoms with E-state index in [2.05, 4.69) is 30.7 Å². The summed E-state index contributed by atoms with van der Waals surface area (Å²) in [6.07, 6.45) is 7.87. The number of methoxy groups -OCH3 is 1. The lowest BCUT2D eigenvalue weighted by Crippen LogP contribution is -2.28. The molecule has 1 saturated carbocycles. The zero-order chi connectivity index (χ0) is 14.8. The zero-order valence-corrected chi connectivity index (χ0v) is 13.0. The fraction of sp³-hybridized carbons (Fsp3) is 0.750. The van der Waals surface area contributed by atoms with Crippen LogP contribution in [0.4, 0.5) is 0 Å². The molecule has 0 saturated heterocycles. The van der Waals surface area contributed by atoms with Gasteiger partial charge in [-0.15, -0.1) is 0 Å². The molecule has 4 heteroatoms. The van der Waals surface area contributed by atoms with E-state index in [-0.39, 0.29) is 5.41 Å². The Hall–Kier alpha value is -1.16. The Labute approximate surface area is 121 Å². The summed E-state index contributed by atoms with van der Waals surface area (Å²) in [5, 5.41) is 11.0. The second kappa shape index (κ2) is 5.68. The normalized spacial score (nSPS) is 27.9. The Kier molecular flexibility index (Phi) is 4.33. The molecule has 1 aliphatic rings. The summed E-state index contributed by atoms with van der Waals surface area (Å²) in [6.45, 7) is 6.85. The molecule has 2 rings (SSSR count). The third kappa shape index (κ3) is 3.11. The summed E-state index contributed by atoms with van der Waals surface area (Å²) in [7, 11) is 1.57. The number of hydrogen-bond acceptors (Lipinski definition) is 4. The monoisotopic (exact) mass is 278 g/mol. The third-order valence-corrected chi connectivity index (χ3v) is 4.57. The maximum Gasteiger partial charge on any atom is 0.238 e. The van der Waals surface area contributed by atoms with E-state index in [0.29, 0.717) is 17.5 Å². The standard InChI is InChI=1S/C16H26N2O2/c1-15(2,3)12-6-5-8-16(19,9-7-12)13-14(20-4)18-11-10-17-13/h10-12,19H,5-9H2,1-4H3. The zero-order valence-electron chi connectivity index (χ0n) is 13.0. The minimum atomic E-state index is -0.903. The fourth-order valence-corrected chi connectivity index (χ4v) is 3.22. The van der Waals surface area contributed by atoms with Gasteiger partial charge in [0.1, 0.15) is 11.3 Å². The highest BCUT2D eigenvalue weighted by molar-refractivity contribution is 5.24. The fourth-order valence-electron chi connectivity index (χ4n) is 3.22. The van der Waals surface area contributed by atoms with Gasteiger partial charge in [0.05, 0.1) is 7.11 Å². The van der Waals surface area contributed by atoms with Gasteiger partial charge in [0.2, 0.25) is 5.88 Å². The van der Waals surface area contributed by atoms with E-state index in [9.17, 15) is 5.11 Å². The molecular weight excluding hydrogens is 252 g/mol. The molecule has 20 heavy (non-hydrogen) atoms. The molecule has 2 atom stereocenters. The molecule has 1 aromatic heterocycles. The first-order chi connectivity index (χ1) is 9.37. The molecule has 0 aromatic carbocycles. The predicted molar refractivity (Wildman–Crippen MR) is 78.5 cm³/mol. The van der Waals surface area contributed by atoms with Crippen LogP contribution in [0.1, 0.15) is 58.6 Å². The summed E-state index contributed by atoms with van der Waals surface area (Å²) < 4.78 is 5.27. The molecule has 1 fully saturated rings. The Balaban J connectivity index is 2.23. The lowest BCUT2D eigenvalue weighted by molar-refractivity contribution is 0.0108. The van der Waals surface area contributed by atoms with Gasteiger partial charge < -0.3 is 9.84 Å². The minimum absolute atomic E-state index is 0.289. The second-order valence-electron chi connectivity index (χ2n) is 6.94. The Morgan fingerprint density at radius 1 is 1.20 bits per heavy atom. The van der Waals surface area contributed by atoms with Crippen LogP contribution in [0.2, 0.25) is 0 Å². The summed E-state index contributed by atoms with van der Waals surface area (Å²) >= 11 is 0. The van der Waals surface area contributed by atoms with Crippen molar-refractivity contribution < 1.29 is 9.84 Å². The van der Waals surface area contributed by atoms with Crippen LogP contribution in [0, 0.1) is 11.3 Å². The summed E-state index contributed by atoms with van der Waals surface area (Å²) in [6, 6.07) is 0. The van der Waals surface area contributed by atoms with Crippen LogP contribution < -0.4 is 4.74 Å². The first-order valence-corrected chi connectivity index (χ1v) is 7.45. The van der Waals surface area contributed by atoms with Gasteiger partial charge in [-0.3, -0.25) is 4.98 Å². The lowest BCUT2D eigenvalue weighted by atomic mass is 9.76. The van der Waals surface area contributed by atoms with E-state index < -0.39 is 5.60 Å². The van der Waals surface area contributed by atoms with Crippen molar-refractivity contribution >= 4 is 0 Å². The van der Waals surface area contributed by atoms with Gasteiger partial charge in [-0.25, -0.2) is 4.98 Å². The Morgan fingerprint density at radius 2 is 1.90 bits per heavy atom. The van der Waals surface area contributed by atoms with Crippen molar-refractivity contribution in [3.8, 4) is 5.88 Å². The molecule has 1 aromatic rings. The van der Waals surface area contributed by atoms with Crippen molar-refractivity contribution in [3.63, 3.8) is 0 Å². The van der Waals surface area contributed by atoms with Gasteiger partial charge in [0.25, 0.3) is 0 Å². The Morgan fingerprint density at radius 3 is 2.55 bits per heavy atom. The van der Waals surface area contributed by atoms with Gasteiger partial charge in [-0.05, 0) is 43.4 Å². The molecule has 0 spiro atoms. The van der Waals surface area contributed by atoms with E-state index >= 15 is 0 Å². The summed E-state index contributed by atoms with van der Waals surface area (Å²) in [5.74, 6) is 1.09.